The van der Waals surface area contributed by atoms with Crippen LogP contribution in [-0.2, 0) is 4.74 Å². The van der Waals surface area contributed by atoms with Crippen molar-refractivity contribution in [3.63, 3.8) is 0 Å². The number of alkyl carbamates (subject to hydrolysis) is 1. The molecule has 0 aromatic carbocycles. The van der Waals surface area contributed by atoms with Crippen LogP contribution in [0.15, 0.2) is 23.8 Å². The monoisotopic (exact) mass is 495 g/mol. The topological polar surface area (TPSA) is 114 Å². The van der Waals surface area contributed by atoms with E-state index in [0.717, 1.165) is 10.4 Å². The number of anilines is 1. The summed E-state index contributed by atoms with van der Waals surface area (Å²) < 4.78 is 6.50. The van der Waals surface area contributed by atoms with E-state index in [0.29, 0.717) is 61.1 Å². The van der Waals surface area contributed by atoms with Gasteiger partial charge in [-0.3, -0.25) is 4.79 Å². The molecule has 0 radical (unpaired) electrons. The number of amides is 2. The number of carbonyl (C=O) groups excluding carboxylic acids is 2. The minimum absolute atomic E-state index is 0.00191. The number of rotatable bonds is 7. The maximum Gasteiger partial charge on any atom is 0.407 e. The van der Waals surface area contributed by atoms with Gasteiger partial charge in [0.05, 0.1) is 18.9 Å². The fourth-order valence-electron chi connectivity index (χ4n) is 4.95. The Bertz CT molecular complexity index is 1230. The van der Waals surface area contributed by atoms with Crippen LogP contribution in [0.3, 0.4) is 0 Å². The number of carbonyl (C=O) groups is 2. The molecule has 2 amide bonds. The second kappa shape index (κ2) is 9.10. The average molecular weight is 496 g/mol. The highest BCUT2D eigenvalue weighted by Gasteiger charge is 2.41. The van der Waals surface area contributed by atoms with E-state index in [1.54, 1.807) is 28.1 Å². The van der Waals surface area contributed by atoms with Crippen molar-refractivity contribution >= 4 is 34.0 Å². The van der Waals surface area contributed by atoms with Crippen LogP contribution in [0.5, 0.6) is 0 Å². The molecule has 4 heterocycles. The van der Waals surface area contributed by atoms with Gasteiger partial charge in [0.1, 0.15) is 16.3 Å². The predicted molar refractivity (Wildman–Crippen MR) is 131 cm³/mol. The summed E-state index contributed by atoms with van der Waals surface area (Å²) in [7, 11) is 1.36. The first-order valence-corrected chi connectivity index (χ1v) is 13.2. The zero-order valence-corrected chi connectivity index (χ0v) is 20.5. The van der Waals surface area contributed by atoms with E-state index in [1.165, 1.54) is 32.8 Å². The van der Waals surface area contributed by atoms with Crippen LogP contribution in [0.4, 0.5) is 10.6 Å². The first-order chi connectivity index (χ1) is 17.1. The van der Waals surface area contributed by atoms with Gasteiger partial charge in [0, 0.05) is 42.8 Å². The number of nitrogens with one attached hydrogen (secondary N) is 2. The van der Waals surface area contributed by atoms with Crippen molar-refractivity contribution in [1.29, 1.82) is 0 Å². The van der Waals surface area contributed by atoms with Crippen LogP contribution < -0.4 is 10.6 Å². The molecule has 2 N–H and O–H groups in total. The Hall–Kier alpha value is -3.21. The quantitative estimate of drug-likeness (QED) is 0.516. The van der Waals surface area contributed by atoms with Gasteiger partial charge in [0.15, 0.2) is 5.82 Å². The number of likely N-dealkylation sites (tertiary alicyclic amines) is 1. The Balaban J connectivity index is 1.27. The summed E-state index contributed by atoms with van der Waals surface area (Å²) in [5.41, 5.74) is 1.21. The fourth-order valence-corrected chi connectivity index (χ4v) is 5.74. The first kappa shape index (κ1) is 22.3. The number of piperidine rings is 1. The number of thiazole rings is 1. The molecule has 10 nitrogen and oxygen atoms in total. The Labute approximate surface area is 207 Å². The summed E-state index contributed by atoms with van der Waals surface area (Å²) >= 11 is 1.57. The maximum atomic E-state index is 13.5. The van der Waals surface area contributed by atoms with E-state index in [-0.39, 0.29) is 11.9 Å². The second-order valence-corrected chi connectivity index (χ2v) is 10.6. The molecular formula is C24H29N7O3S. The summed E-state index contributed by atoms with van der Waals surface area (Å²) in [6.45, 7) is 1.09. The van der Waals surface area contributed by atoms with Crippen molar-refractivity contribution in [2.75, 3.05) is 25.5 Å². The van der Waals surface area contributed by atoms with Crippen molar-refractivity contribution in [3.8, 4) is 11.4 Å². The van der Waals surface area contributed by atoms with Crippen LogP contribution in [-0.4, -0.2) is 68.8 Å². The third-order valence-corrected chi connectivity index (χ3v) is 8.07. The Morgan fingerprint density at radius 3 is 2.54 bits per heavy atom. The van der Waals surface area contributed by atoms with E-state index in [1.807, 2.05) is 16.5 Å². The van der Waals surface area contributed by atoms with Gasteiger partial charge in [0.25, 0.3) is 5.91 Å². The average Bonchev–Trinajstić information content (AvgIpc) is 3.80. The summed E-state index contributed by atoms with van der Waals surface area (Å²) in [4.78, 5) is 37.4. The van der Waals surface area contributed by atoms with Crippen molar-refractivity contribution < 1.29 is 14.3 Å². The standard InChI is InChI=1S/C24H29N7O3S/c1-34-24(33)26-16-6-8-30(9-7-16)22(32)18-12-19(28-20(14-2-3-14)15-4-5-15)29-21(27-18)17-13-25-31-10-11-35-23(17)31/h10-16,20H,2-9H2,1H3,(H,26,33)(H,27,28,29). The second-order valence-electron chi connectivity index (χ2n) is 9.72. The molecule has 2 saturated carbocycles. The van der Waals surface area contributed by atoms with Crippen LogP contribution in [0.1, 0.15) is 49.0 Å². The molecule has 1 aliphatic heterocycles. The molecule has 184 valence electrons. The lowest BCUT2D eigenvalue weighted by atomic mass is 10.0. The third-order valence-electron chi connectivity index (χ3n) is 7.18. The number of hydrogen-bond acceptors (Lipinski definition) is 8. The maximum absolute atomic E-state index is 13.5. The summed E-state index contributed by atoms with van der Waals surface area (Å²) in [5, 5.41) is 12.9. The molecule has 0 unspecified atom stereocenters. The number of fused-ring (bicyclic) bond motifs is 1. The highest BCUT2D eigenvalue weighted by molar-refractivity contribution is 7.16. The van der Waals surface area contributed by atoms with E-state index in [2.05, 4.69) is 15.7 Å². The fraction of sp³-hybridized carbons (Fsp3) is 0.542. The van der Waals surface area contributed by atoms with E-state index < -0.39 is 6.09 Å². The molecule has 6 rings (SSSR count). The molecule has 1 saturated heterocycles. The number of aromatic nitrogens is 4. The normalized spacial score (nSPS) is 18.7. The Kier molecular flexibility index (Phi) is 5.79. The highest BCUT2D eigenvalue weighted by atomic mass is 32.1. The number of methoxy groups -OCH3 is 1. The van der Waals surface area contributed by atoms with E-state index in [9.17, 15) is 9.59 Å². The van der Waals surface area contributed by atoms with Crippen LogP contribution in [0.2, 0.25) is 0 Å². The molecule has 2 aliphatic carbocycles. The summed E-state index contributed by atoms with van der Waals surface area (Å²) in [5.74, 6) is 2.50. The van der Waals surface area contributed by atoms with Crippen molar-refractivity contribution in [2.24, 2.45) is 11.8 Å². The number of ether oxygens (including phenoxy) is 1. The first-order valence-electron chi connectivity index (χ1n) is 12.3. The minimum atomic E-state index is -0.437. The molecule has 3 aromatic heterocycles. The van der Waals surface area contributed by atoms with Crippen LogP contribution >= 0.6 is 11.3 Å². The van der Waals surface area contributed by atoms with Crippen LogP contribution in [0, 0.1) is 11.8 Å². The molecule has 3 aliphatic rings. The molecule has 0 spiro atoms. The Morgan fingerprint density at radius 1 is 1.11 bits per heavy atom. The predicted octanol–water partition coefficient (Wildman–Crippen LogP) is 3.41. The lowest BCUT2D eigenvalue weighted by Gasteiger charge is -2.32. The van der Waals surface area contributed by atoms with Gasteiger partial charge in [-0.05, 0) is 50.4 Å². The van der Waals surface area contributed by atoms with Gasteiger partial charge in [0.2, 0.25) is 0 Å². The van der Waals surface area contributed by atoms with Crippen molar-refractivity contribution in [2.45, 2.75) is 50.6 Å². The molecule has 35 heavy (non-hydrogen) atoms. The minimum Gasteiger partial charge on any atom is -0.453 e. The zero-order chi connectivity index (χ0) is 23.9. The van der Waals surface area contributed by atoms with Gasteiger partial charge < -0.3 is 20.3 Å². The van der Waals surface area contributed by atoms with E-state index >= 15 is 0 Å². The largest absolute Gasteiger partial charge is 0.453 e. The molecular weight excluding hydrogens is 466 g/mol. The lowest BCUT2D eigenvalue weighted by molar-refractivity contribution is 0.0698. The summed E-state index contributed by atoms with van der Waals surface area (Å²) in [6, 6.07) is 2.22. The van der Waals surface area contributed by atoms with Gasteiger partial charge in [-0.25, -0.2) is 19.3 Å². The SMILES string of the molecule is COC(=O)NC1CCN(C(=O)c2cc(NC(C3CC3)C3CC3)nc(-c3cnn4ccsc34)n2)CC1. The molecule has 0 bridgehead atoms. The summed E-state index contributed by atoms with van der Waals surface area (Å²) in [6.07, 6.45) is 9.61. The Morgan fingerprint density at radius 2 is 1.86 bits per heavy atom. The zero-order valence-electron chi connectivity index (χ0n) is 19.6. The molecule has 11 heteroatoms. The lowest BCUT2D eigenvalue weighted by Crippen LogP contribution is -2.46. The van der Waals surface area contributed by atoms with Gasteiger partial charge >= 0.3 is 6.09 Å². The third kappa shape index (κ3) is 4.69. The molecule has 0 atom stereocenters. The molecule has 3 fully saturated rings. The van der Waals surface area contributed by atoms with Gasteiger partial charge in [-0.15, -0.1) is 11.3 Å². The molecule has 3 aromatic rings. The van der Waals surface area contributed by atoms with Crippen LogP contribution in [0.25, 0.3) is 16.2 Å². The van der Waals surface area contributed by atoms with Crippen molar-refractivity contribution in [1.82, 2.24) is 29.8 Å². The van der Waals surface area contributed by atoms with Gasteiger partial charge in [-0.1, -0.05) is 0 Å². The van der Waals surface area contributed by atoms with Crippen molar-refractivity contribution in [3.05, 3.63) is 29.5 Å². The number of hydrogen-bond donors (Lipinski definition) is 2. The smallest absolute Gasteiger partial charge is 0.407 e. The number of nitrogens with zero attached hydrogens (tertiary/aromatic N) is 5. The highest BCUT2D eigenvalue weighted by Crippen LogP contribution is 2.45. The van der Waals surface area contributed by atoms with E-state index in [4.69, 9.17) is 14.7 Å². The van der Waals surface area contributed by atoms with Gasteiger partial charge in [-0.2, -0.15) is 5.10 Å².